The first-order chi connectivity index (χ1) is 15.8. The van der Waals surface area contributed by atoms with E-state index in [-0.39, 0.29) is 6.61 Å². The van der Waals surface area contributed by atoms with Crippen LogP contribution >= 0.6 is 0 Å². The van der Waals surface area contributed by atoms with Gasteiger partial charge in [0.15, 0.2) is 0 Å². The van der Waals surface area contributed by atoms with Crippen molar-refractivity contribution in [1.29, 1.82) is 0 Å². The predicted octanol–water partition coefficient (Wildman–Crippen LogP) is 3.01. The van der Waals surface area contributed by atoms with Crippen LogP contribution in [0.2, 0.25) is 0 Å². The van der Waals surface area contributed by atoms with Gasteiger partial charge in [0, 0.05) is 76.3 Å². The molecule has 1 aromatic carbocycles. The van der Waals surface area contributed by atoms with Crippen molar-refractivity contribution in [2.75, 3.05) is 45.9 Å². The van der Waals surface area contributed by atoms with Crippen molar-refractivity contribution >= 4 is 0 Å². The summed E-state index contributed by atoms with van der Waals surface area (Å²) in [6, 6.07) is 15.6. The van der Waals surface area contributed by atoms with E-state index >= 15 is 0 Å². The van der Waals surface area contributed by atoms with Gasteiger partial charge < -0.3 is 9.84 Å². The molecule has 0 spiro atoms. The van der Waals surface area contributed by atoms with Crippen LogP contribution in [-0.2, 0) is 13.1 Å². The van der Waals surface area contributed by atoms with Gasteiger partial charge in [-0.15, -0.1) is 0 Å². The van der Waals surface area contributed by atoms with Gasteiger partial charge in [-0.2, -0.15) is 0 Å². The van der Waals surface area contributed by atoms with E-state index in [0.717, 1.165) is 63.7 Å². The maximum absolute atomic E-state index is 9.73. The Bertz CT molecular complexity index is 810. The van der Waals surface area contributed by atoms with Crippen LogP contribution in [0.3, 0.4) is 0 Å². The number of rotatable bonds is 9. The molecule has 2 aromatic rings. The number of nitrogens with zero attached hydrogens (tertiary/aromatic N) is 4. The maximum atomic E-state index is 9.73. The molecule has 0 aliphatic carbocycles. The highest BCUT2D eigenvalue weighted by Crippen LogP contribution is 2.26. The minimum Gasteiger partial charge on any atom is -0.494 e. The van der Waals surface area contributed by atoms with Crippen molar-refractivity contribution in [3.63, 3.8) is 0 Å². The van der Waals surface area contributed by atoms with E-state index in [1.54, 1.807) is 0 Å². The second-order valence-corrected chi connectivity index (χ2v) is 9.00. The Morgan fingerprint density at radius 2 is 1.81 bits per heavy atom. The molecule has 1 aromatic heterocycles. The van der Waals surface area contributed by atoms with Crippen molar-refractivity contribution in [1.82, 2.24) is 19.7 Å². The number of hydrogen-bond acceptors (Lipinski definition) is 6. The Hall–Kier alpha value is -1.99. The summed E-state index contributed by atoms with van der Waals surface area (Å²) in [6.07, 6.45) is 5.14. The molecule has 2 aliphatic rings. The lowest BCUT2D eigenvalue weighted by Crippen LogP contribution is -2.57. The summed E-state index contributed by atoms with van der Waals surface area (Å²) >= 11 is 0. The minimum atomic E-state index is 0.241. The van der Waals surface area contributed by atoms with Crippen LogP contribution in [-0.4, -0.2) is 82.8 Å². The maximum Gasteiger partial charge on any atom is 0.123 e. The molecule has 0 saturated carbocycles. The first kappa shape index (κ1) is 23.2. The molecule has 0 unspecified atom stereocenters. The van der Waals surface area contributed by atoms with E-state index < -0.39 is 0 Å². The van der Waals surface area contributed by atoms with E-state index in [0.29, 0.717) is 18.7 Å². The number of benzene rings is 1. The normalized spacial score (nSPS) is 21.6. The van der Waals surface area contributed by atoms with Crippen LogP contribution < -0.4 is 4.74 Å². The van der Waals surface area contributed by atoms with Crippen molar-refractivity contribution < 1.29 is 9.84 Å². The number of ether oxygens (including phenoxy) is 1. The number of aromatic nitrogens is 1. The highest BCUT2D eigenvalue weighted by atomic mass is 16.5. The first-order valence-electron chi connectivity index (χ1n) is 12.2. The third-order valence-electron chi connectivity index (χ3n) is 6.93. The van der Waals surface area contributed by atoms with E-state index in [1.807, 2.05) is 25.3 Å². The monoisotopic (exact) mass is 438 g/mol. The van der Waals surface area contributed by atoms with Gasteiger partial charge >= 0.3 is 0 Å². The van der Waals surface area contributed by atoms with Gasteiger partial charge in [0.2, 0.25) is 0 Å². The molecule has 6 heteroatoms. The molecule has 174 valence electrons. The summed E-state index contributed by atoms with van der Waals surface area (Å²) in [5.41, 5.74) is 2.41. The molecule has 2 fully saturated rings. The number of pyridine rings is 1. The number of aliphatic hydroxyl groups excluding tert-OH is 1. The Balaban J connectivity index is 1.31. The van der Waals surface area contributed by atoms with Crippen LogP contribution in [0.4, 0.5) is 0 Å². The predicted molar refractivity (Wildman–Crippen MR) is 128 cm³/mol. The minimum absolute atomic E-state index is 0.241. The van der Waals surface area contributed by atoms with E-state index in [9.17, 15) is 5.11 Å². The van der Waals surface area contributed by atoms with Crippen LogP contribution in [0, 0.1) is 0 Å². The van der Waals surface area contributed by atoms with Gasteiger partial charge in [0.25, 0.3) is 0 Å². The van der Waals surface area contributed by atoms with Gasteiger partial charge in [0.1, 0.15) is 5.75 Å². The summed E-state index contributed by atoms with van der Waals surface area (Å²) < 4.78 is 5.85. The van der Waals surface area contributed by atoms with Crippen LogP contribution in [0.15, 0.2) is 48.7 Å². The molecule has 2 aliphatic heterocycles. The van der Waals surface area contributed by atoms with Crippen LogP contribution in [0.1, 0.15) is 37.4 Å². The largest absolute Gasteiger partial charge is 0.494 e. The van der Waals surface area contributed by atoms with Crippen molar-refractivity contribution in [3.8, 4) is 5.75 Å². The number of hydrogen-bond donors (Lipinski definition) is 1. The average Bonchev–Trinajstić information content (AvgIpc) is 2.83. The lowest BCUT2D eigenvalue weighted by molar-refractivity contribution is 0.0119. The quantitative estimate of drug-likeness (QED) is 0.650. The van der Waals surface area contributed by atoms with Gasteiger partial charge in [0.05, 0.1) is 12.3 Å². The van der Waals surface area contributed by atoms with Crippen molar-refractivity contribution in [2.45, 2.75) is 51.4 Å². The number of para-hydroxylation sites is 1. The summed E-state index contributed by atoms with van der Waals surface area (Å²) in [6.45, 7) is 10.2. The Kier molecular flexibility index (Phi) is 8.51. The Morgan fingerprint density at radius 1 is 1.00 bits per heavy atom. The second-order valence-electron chi connectivity index (χ2n) is 9.00. The zero-order valence-electron chi connectivity index (χ0n) is 19.4. The molecule has 0 radical (unpaired) electrons. The zero-order valence-corrected chi connectivity index (χ0v) is 19.4. The molecule has 0 bridgehead atoms. The number of aliphatic hydroxyl groups is 1. The molecular weight excluding hydrogens is 400 g/mol. The summed E-state index contributed by atoms with van der Waals surface area (Å²) in [4.78, 5) is 12.2. The third-order valence-corrected chi connectivity index (χ3v) is 6.93. The van der Waals surface area contributed by atoms with Crippen LogP contribution in [0.5, 0.6) is 5.75 Å². The third kappa shape index (κ3) is 6.07. The first-order valence-corrected chi connectivity index (χ1v) is 12.2. The molecule has 32 heavy (non-hydrogen) atoms. The van der Waals surface area contributed by atoms with Gasteiger partial charge in [-0.05, 0) is 44.4 Å². The highest BCUT2D eigenvalue weighted by molar-refractivity contribution is 5.33. The van der Waals surface area contributed by atoms with Gasteiger partial charge in [-0.3, -0.25) is 19.7 Å². The van der Waals surface area contributed by atoms with Gasteiger partial charge in [-0.25, -0.2) is 0 Å². The molecule has 3 heterocycles. The Morgan fingerprint density at radius 3 is 2.56 bits per heavy atom. The fraction of sp³-hybridized carbons (Fsp3) is 0.577. The molecular formula is C26H38N4O2. The Labute approximate surface area is 192 Å². The SMILES string of the molecule is CCOc1ccccc1CN1CCN(C2CCN(Cc3ccccn3)CC2)C[C@H]1CCO. The molecule has 1 N–H and O–H groups in total. The van der Waals surface area contributed by atoms with E-state index in [4.69, 9.17) is 4.74 Å². The van der Waals surface area contributed by atoms with Gasteiger partial charge in [-0.1, -0.05) is 24.3 Å². The average molecular weight is 439 g/mol. The van der Waals surface area contributed by atoms with Crippen molar-refractivity contribution in [3.05, 3.63) is 59.9 Å². The van der Waals surface area contributed by atoms with E-state index in [2.05, 4.69) is 50.0 Å². The molecule has 0 amide bonds. The van der Waals surface area contributed by atoms with Crippen LogP contribution in [0.25, 0.3) is 0 Å². The molecule has 4 rings (SSSR count). The number of piperazine rings is 1. The fourth-order valence-electron chi connectivity index (χ4n) is 5.19. The summed E-state index contributed by atoms with van der Waals surface area (Å²) in [5.74, 6) is 0.987. The molecule has 2 saturated heterocycles. The highest BCUT2D eigenvalue weighted by Gasteiger charge is 2.32. The number of piperidine rings is 1. The smallest absolute Gasteiger partial charge is 0.123 e. The van der Waals surface area contributed by atoms with E-state index in [1.165, 1.54) is 18.4 Å². The topological polar surface area (TPSA) is 52.1 Å². The standard InChI is InChI=1S/C26H38N4O2/c1-2-32-26-9-4-3-7-22(26)19-29-16-17-30(21-25(29)12-18-31)24-10-14-28(15-11-24)20-23-8-5-6-13-27-23/h3-9,13,24-25,31H,2,10-12,14-21H2,1H3/t25-/m1/s1. The molecule has 1 atom stereocenters. The summed E-state index contributed by atoms with van der Waals surface area (Å²) in [5, 5.41) is 9.73. The number of likely N-dealkylation sites (tertiary alicyclic amines) is 1. The fourth-order valence-corrected chi connectivity index (χ4v) is 5.19. The lowest BCUT2D eigenvalue weighted by atomic mass is 9.99. The molecule has 6 nitrogen and oxygen atoms in total. The lowest BCUT2D eigenvalue weighted by Gasteiger charge is -2.46. The van der Waals surface area contributed by atoms with Crippen molar-refractivity contribution in [2.24, 2.45) is 0 Å². The summed E-state index contributed by atoms with van der Waals surface area (Å²) in [7, 11) is 0. The zero-order chi connectivity index (χ0) is 22.2. The second kappa shape index (κ2) is 11.8.